The van der Waals surface area contributed by atoms with E-state index in [1.807, 2.05) is 0 Å². The normalized spacial score (nSPS) is 11.9. The van der Waals surface area contributed by atoms with E-state index in [0.29, 0.717) is 17.0 Å². The second kappa shape index (κ2) is 9.44. The first kappa shape index (κ1) is 24.9. The van der Waals surface area contributed by atoms with Crippen LogP contribution in [0.2, 0.25) is 0 Å². The number of hydrogen-bond donors (Lipinski definition) is 2. The number of nitrogens with zero attached hydrogens (tertiary/aromatic N) is 2. The molecule has 2 heterocycles. The van der Waals surface area contributed by atoms with Gasteiger partial charge >= 0.3 is 12.1 Å². The van der Waals surface area contributed by atoms with E-state index in [9.17, 15) is 27.5 Å². The Balaban J connectivity index is 1.52. The van der Waals surface area contributed by atoms with Crippen LogP contribution >= 0.6 is 0 Å². The smallest absolute Gasteiger partial charge is 0.417 e. The van der Waals surface area contributed by atoms with E-state index in [2.05, 4.69) is 15.0 Å². The highest BCUT2D eigenvalue weighted by Gasteiger charge is 2.35. The predicted molar refractivity (Wildman–Crippen MR) is 125 cm³/mol. The third kappa shape index (κ3) is 5.22. The zero-order chi connectivity index (χ0) is 26.1. The van der Waals surface area contributed by atoms with Crippen molar-refractivity contribution >= 4 is 5.97 Å². The molecule has 0 aliphatic heterocycles. The van der Waals surface area contributed by atoms with Crippen LogP contribution in [0.1, 0.15) is 19.4 Å². The molecule has 36 heavy (non-hydrogen) atoms. The molecule has 0 saturated heterocycles. The Labute approximate surface area is 203 Å². The number of alkyl halides is 3. The highest BCUT2D eigenvalue weighted by atomic mass is 19.4. The van der Waals surface area contributed by atoms with Crippen LogP contribution < -0.4 is 4.74 Å². The lowest BCUT2D eigenvalue weighted by molar-refractivity contribution is -0.148. The van der Waals surface area contributed by atoms with Gasteiger partial charge in [-0.15, -0.1) is 0 Å². The second-order valence-electron chi connectivity index (χ2n) is 8.74. The lowest BCUT2D eigenvalue weighted by Crippen LogP contribution is -2.30. The molecular weight excluding hydrogens is 478 g/mol. The highest BCUT2D eigenvalue weighted by Crippen LogP contribution is 2.38. The van der Waals surface area contributed by atoms with Gasteiger partial charge in [0.25, 0.3) is 0 Å². The van der Waals surface area contributed by atoms with Crippen molar-refractivity contribution in [1.29, 1.82) is 0 Å². The second-order valence-corrected chi connectivity index (χ2v) is 8.74. The Bertz CT molecular complexity index is 1380. The number of aliphatic carboxylic acids is 1. The number of hydrogen-bond acceptors (Lipinski definition) is 4. The molecule has 0 unspecified atom stereocenters. The summed E-state index contributed by atoms with van der Waals surface area (Å²) >= 11 is 0. The fraction of sp³-hybridized carbons (Fsp3) is 0.192. The summed E-state index contributed by atoms with van der Waals surface area (Å²) in [6, 6.07) is 13.1. The fourth-order valence-electron chi connectivity index (χ4n) is 3.38. The summed E-state index contributed by atoms with van der Waals surface area (Å²) < 4.78 is 59.9. The average Bonchev–Trinajstić information content (AvgIpc) is 3.32. The number of aromatic nitrogens is 3. The number of nitrogens with one attached hydrogen (secondary N) is 1. The number of carboxylic acids is 1. The molecule has 0 amide bonds. The highest BCUT2D eigenvalue weighted by molar-refractivity contribution is 5.74. The quantitative estimate of drug-likeness (QED) is 0.285. The minimum atomic E-state index is -4.72. The summed E-state index contributed by atoms with van der Waals surface area (Å²) in [5, 5.41) is 9.18. The molecule has 0 saturated carbocycles. The molecule has 10 heteroatoms. The van der Waals surface area contributed by atoms with Gasteiger partial charge in [-0.25, -0.2) is 9.37 Å². The molecule has 0 bridgehead atoms. The minimum Gasteiger partial charge on any atom is -0.492 e. The summed E-state index contributed by atoms with van der Waals surface area (Å²) in [6.45, 7) is 3.16. The topological polar surface area (TPSA) is 88.1 Å². The predicted octanol–water partition coefficient (Wildman–Crippen LogP) is 6.45. The molecule has 2 aromatic carbocycles. The first-order chi connectivity index (χ1) is 17.0. The van der Waals surface area contributed by atoms with Crippen molar-refractivity contribution in [1.82, 2.24) is 15.0 Å². The molecule has 2 aromatic heterocycles. The standard InChI is InChI=1S/C26H21F4N3O3/c1-25(2,24(34)35)14-36-17-9-6-15(7-10-17)20-11-8-16(12-31-20)23-32-13-21(33-23)22-18(26(28,29)30)4-3-5-19(22)27/h3-13H,14H2,1-2H3,(H,32,33)(H,34,35). The maximum atomic E-state index is 14.3. The molecule has 4 rings (SSSR count). The SMILES string of the molecule is CC(C)(COc1ccc(-c2ccc(-c3ncc(-c4c(F)cccc4C(F)(F)F)[nH]3)cn2)cc1)C(=O)O. The van der Waals surface area contributed by atoms with Crippen LogP contribution in [0.25, 0.3) is 33.9 Å². The summed E-state index contributed by atoms with van der Waals surface area (Å²) in [4.78, 5) is 22.4. The first-order valence-corrected chi connectivity index (χ1v) is 10.8. The van der Waals surface area contributed by atoms with Crippen LogP contribution in [-0.4, -0.2) is 32.6 Å². The number of benzene rings is 2. The molecule has 0 aliphatic carbocycles. The van der Waals surface area contributed by atoms with Gasteiger partial charge in [0.1, 0.15) is 24.0 Å². The Morgan fingerprint density at radius 1 is 0.972 bits per heavy atom. The third-order valence-electron chi connectivity index (χ3n) is 5.53. The van der Waals surface area contributed by atoms with Crippen molar-refractivity contribution in [2.45, 2.75) is 20.0 Å². The van der Waals surface area contributed by atoms with Crippen LogP contribution in [0.3, 0.4) is 0 Å². The van der Waals surface area contributed by atoms with Gasteiger partial charge in [-0.1, -0.05) is 6.07 Å². The van der Waals surface area contributed by atoms with Gasteiger partial charge in [0.05, 0.1) is 28.6 Å². The van der Waals surface area contributed by atoms with Gasteiger partial charge in [-0.3, -0.25) is 9.78 Å². The number of carboxylic acid groups (broad SMARTS) is 1. The van der Waals surface area contributed by atoms with E-state index >= 15 is 0 Å². The van der Waals surface area contributed by atoms with E-state index in [1.165, 1.54) is 6.20 Å². The van der Waals surface area contributed by atoms with Crippen molar-refractivity contribution < 1.29 is 32.2 Å². The van der Waals surface area contributed by atoms with Crippen molar-refractivity contribution in [2.75, 3.05) is 6.61 Å². The number of rotatable bonds is 7. The number of pyridine rings is 1. The van der Waals surface area contributed by atoms with Crippen LogP contribution in [0.5, 0.6) is 5.75 Å². The van der Waals surface area contributed by atoms with Gasteiger partial charge in [0, 0.05) is 22.9 Å². The maximum absolute atomic E-state index is 14.3. The number of ether oxygens (including phenoxy) is 1. The van der Waals surface area contributed by atoms with E-state index < -0.39 is 34.5 Å². The summed E-state index contributed by atoms with van der Waals surface area (Å²) in [5.41, 5.74) is -0.911. The first-order valence-electron chi connectivity index (χ1n) is 10.8. The Kier molecular flexibility index (Phi) is 6.53. The maximum Gasteiger partial charge on any atom is 0.417 e. The Hall–Kier alpha value is -4.21. The third-order valence-corrected chi connectivity index (χ3v) is 5.53. The van der Waals surface area contributed by atoms with Crippen molar-refractivity contribution in [2.24, 2.45) is 5.41 Å². The van der Waals surface area contributed by atoms with Crippen LogP contribution in [0.4, 0.5) is 17.6 Å². The molecule has 2 N–H and O–H groups in total. The number of H-pyrrole nitrogens is 1. The Morgan fingerprint density at radius 3 is 2.28 bits per heavy atom. The molecule has 0 aliphatic rings. The van der Waals surface area contributed by atoms with Gasteiger partial charge < -0.3 is 14.8 Å². The molecule has 0 spiro atoms. The van der Waals surface area contributed by atoms with Crippen LogP contribution in [0, 0.1) is 11.2 Å². The zero-order valence-electron chi connectivity index (χ0n) is 19.2. The summed E-state index contributed by atoms with van der Waals surface area (Å²) in [6.07, 6.45) is -2.07. The number of aromatic amines is 1. The molecule has 186 valence electrons. The molecule has 0 radical (unpaired) electrons. The molecule has 0 fully saturated rings. The monoisotopic (exact) mass is 499 g/mol. The van der Waals surface area contributed by atoms with Crippen LogP contribution in [-0.2, 0) is 11.0 Å². The van der Waals surface area contributed by atoms with E-state index in [4.69, 9.17) is 4.74 Å². The zero-order valence-corrected chi connectivity index (χ0v) is 19.2. The molecule has 0 atom stereocenters. The van der Waals surface area contributed by atoms with Gasteiger partial charge in [0.2, 0.25) is 0 Å². The lowest BCUT2D eigenvalue weighted by atomic mass is 9.95. The van der Waals surface area contributed by atoms with Gasteiger partial charge in [-0.05, 0) is 62.4 Å². The summed E-state index contributed by atoms with van der Waals surface area (Å²) in [7, 11) is 0. The van der Waals surface area contributed by atoms with Crippen molar-refractivity contribution in [3.05, 3.63) is 78.4 Å². The Morgan fingerprint density at radius 2 is 1.67 bits per heavy atom. The largest absolute Gasteiger partial charge is 0.492 e. The number of carbonyl (C=O) groups is 1. The van der Waals surface area contributed by atoms with Gasteiger partial charge in [-0.2, -0.15) is 13.2 Å². The van der Waals surface area contributed by atoms with Crippen LogP contribution in [0.15, 0.2) is 67.0 Å². The summed E-state index contributed by atoms with van der Waals surface area (Å²) in [5.74, 6) is -1.21. The van der Waals surface area contributed by atoms with E-state index in [1.54, 1.807) is 50.2 Å². The molecule has 6 nitrogen and oxygen atoms in total. The van der Waals surface area contributed by atoms with E-state index in [0.717, 1.165) is 30.0 Å². The van der Waals surface area contributed by atoms with E-state index in [-0.39, 0.29) is 18.1 Å². The lowest BCUT2D eigenvalue weighted by Gasteiger charge is -2.19. The average molecular weight is 499 g/mol. The molecule has 4 aromatic rings. The fourth-order valence-corrected chi connectivity index (χ4v) is 3.38. The van der Waals surface area contributed by atoms with Crippen molar-refractivity contribution in [3.8, 4) is 39.7 Å². The van der Waals surface area contributed by atoms with Crippen molar-refractivity contribution in [3.63, 3.8) is 0 Å². The number of imidazole rings is 1. The van der Waals surface area contributed by atoms with Gasteiger partial charge in [0.15, 0.2) is 0 Å². The molecular formula is C26H21F4N3O3. The minimum absolute atomic E-state index is 0.0110. The number of halogens is 4.